The van der Waals surface area contributed by atoms with Gasteiger partial charge in [0.05, 0.1) is 12.1 Å². The Bertz CT molecular complexity index is 597. The molecule has 1 N–H and O–H groups in total. The van der Waals surface area contributed by atoms with E-state index in [0.717, 1.165) is 0 Å². The van der Waals surface area contributed by atoms with Gasteiger partial charge < -0.3 is 10.1 Å². The highest BCUT2D eigenvalue weighted by Gasteiger charge is 2.21. The minimum absolute atomic E-state index is 0.170. The van der Waals surface area contributed by atoms with E-state index in [4.69, 9.17) is 16.3 Å². The molecule has 0 bridgehead atoms. The van der Waals surface area contributed by atoms with E-state index in [0.29, 0.717) is 22.9 Å². The lowest BCUT2D eigenvalue weighted by Crippen LogP contribution is -2.42. The lowest BCUT2D eigenvalue weighted by Gasteiger charge is -2.26. The second-order valence-corrected chi connectivity index (χ2v) is 5.68. The van der Waals surface area contributed by atoms with Gasteiger partial charge in [0, 0.05) is 17.4 Å². The first kappa shape index (κ1) is 15.3. The average molecular weight is 305 g/mol. The van der Waals surface area contributed by atoms with Gasteiger partial charge in [-0.2, -0.15) is 0 Å². The maximum Gasteiger partial charge on any atom is 0.252 e. The first-order valence-electron chi connectivity index (χ1n) is 6.59. The van der Waals surface area contributed by atoms with Crippen LogP contribution in [0.5, 0.6) is 5.75 Å². The molecule has 0 unspecified atom stereocenters. The predicted octanol–water partition coefficient (Wildman–Crippen LogP) is 3.32. The summed E-state index contributed by atoms with van der Waals surface area (Å²) in [7, 11) is 0. The first-order chi connectivity index (χ1) is 9.96. The maximum atomic E-state index is 12.0. The number of carbonyl (C=O) groups excluding carboxylic acids is 1. The summed E-state index contributed by atoms with van der Waals surface area (Å²) >= 11 is 5.83. The monoisotopic (exact) mass is 304 g/mol. The van der Waals surface area contributed by atoms with Crippen LogP contribution in [0, 0.1) is 0 Å². The summed E-state index contributed by atoms with van der Waals surface area (Å²) in [6, 6.07) is 10.6. The smallest absolute Gasteiger partial charge is 0.252 e. The van der Waals surface area contributed by atoms with E-state index in [2.05, 4.69) is 10.3 Å². The number of carbonyl (C=O) groups is 1. The quantitative estimate of drug-likeness (QED) is 0.922. The molecule has 2 aromatic rings. The molecule has 21 heavy (non-hydrogen) atoms. The van der Waals surface area contributed by atoms with Crippen molar-refractivity contribution in [1.82, 2.24) is 10.3 Å². The number of benzene rings is 1. The Kier molecular flexibility index (Phi) is 4.81. The fourth-order valence-electron chi connectivity index (χ4n) is 1.75. The highest BCUT2D eigenvalue weighted by Crippen LogP contribution is 2.20. The van der Waals surface area contributed by atoms with E-state index in [9.17, 15) is 4.79 Å². The number of rotatable bonds is 5. The number of pyridine rings is 1. The van der Waals surface area contributed by atoms with Crippen molar-refractivity contribution in [2.24, 2.45) is 0 Å². The maximum absolute atomic E-state index is 12.0. The molecule has 1 amide bonds. The van der Waals surface area contributed by atoms with Crippen molar-refractivity contribution in [2.45, 2.75) is 19.4 Å². The number of amides is 1. The summed E-state index contributed by atoms with van der Waals surface area (Å²) < 4.78 is 5.85. The third kappa shape index (κ3) is 4.76. The zero-order chi connectivity index (χ0) is 15.3. The molecular weight excluding hydrogens is 288 g/mol. The van der Waals surface area contributed by atoms with E-state index in [1.807, 2.05) is 13.8 Å². The highest BCUT2D eigenvalue weighted by atomic mass is 35.5. The second-order valence-electron chi connectivity index (χ2n) is 5.24. The van der Waals surface area contributed by atoms with Gasteiger partial charge in [0.2, 0.25) is 0 Å². The van der Waals surface area contributed by atoms with Crippen molar-refractivity contribution in [3.63, 3.8) is 0 Å². The van der Waals surface area contributed by atoms with Crippen molar-refractivity contribution in [3.8, 4) is 5.75 Å². The normalized spacial score (nSPS) is 11.0. The van der Waals surface area contributed by atoms with Crippen LogP contribution in [0.1, 0.15) is 24.2 Å². The summed E-state index contributed by atoms with van der Waals surface area (Å²) in [5, 5.41) is 3.50. The molecule has 0 aliphatic carbocycles. The predicted molar refractivity (Wildman–Crippen MR) is 82.7 cm³/mol. The molecule has 0 aliphatic heterocycles. The Hall–Kier alpha value is -2.07. The van der Waals surface area contributed by atoms with Gasteiger partial charge in [-0.15, -0.1) is 0 Å². The van der Waals surface area contributed by atoms with Gasteiger partial charge in [-0.25, -0.2) is 0 Å². The standard InChI is InChI=1S/C16H17ClN2O2/c1-16(2,21-14-7-5-13(17)6-8-14)11-19-15(20)12-4-3-9-18-10-12/h3-10H,11H2,1-2H3,(H,19,20). The molecule has 1 aromatic carbocycles. The molecule has 4 nitrogen and oxygen atoms in total. The molecule has 1 aromatic heterocycles. The largest absolute Gasteiger partial charge is 0.486 e. The molecule has 2 rings (SSSR count). The van der Waals surface area contributed by atoms with Gasteiger partial charge in [-0.05, 0) is 50.2 Å². The molecule has 0 saturated carbocycles. The number of nitrogens with one attached hydrogen (secondary N) is 1. The van der Waals surface area contributed by atoms with Crippen LogP contribution in [-0.2, 0) is 0 Å². The van der Waals surface area contributed by atoms with Gasteiger partial charge in [0.25, 0.3) is 5.91 Å². The topological polar surface area (TPSA) is 51.2 Å². The molecule has 5 heteroatoms. The van der Waals surface area contributed by atoms with E-state index in [-0.39, 0.29) is 5.91 Å². The van der Waals surface area contributed by atoms with Crippen molar-refractivity contribution >= 4 is 17.5 Å². The number of halogens is 1. The van der Waals surface area contributed by atoms with Crippen LogP contribution < -0.4 is 10.1 Å². The number of hydrogen-bond acceptors (Lipinski definition) is 3. The third-order valence-corrected chi connectivity index (χ3v) is 3.06. The average Bonchev–Trinajstić information content (AvgIpc) is 2.48. The number of aromatic nitrogens is 1. The first-order valence-corrected chi connectivity index (χ1v) is 6.97. The van der Waals surface area contributed by atoms with Crippen molar-refractivity contribution in [2.75, 3.05) is 6.54 Å². The van der Waals surface area contributed by atoms with Crippen LogP contribution in [0.4, 0.5) is 0 Å². The van der Waals surface area contributed by atoms with Crippen LogP contribution in [-0.4, -0.2) is 23.0 Å². The Labute approximate surface area is 129 Å². The number of ether oxygens (including phenoxy) is 1. The summed E-state index contributed by atoms with van der Waals surface area (Å²) in [6.07, 6.45) is 3.16. The molecule has 0 radical (unpaired) electrons. The van der Waals surface area contributed by atoms with E-state index in [1.165, 1.54) is 6.20 Å². The fraction of sp³-hybridized carbons (Fsp3) is 0.250. The summed E-state index contributed by atoms with van der Waals surface area (Å²) in [4.78, 5) is 15.9. The number of nitrogens with zero attached hydrogens (tertiary/aromatic N) is 1. The van der Waals surface area contributed by atoms with Crippen molar-refractivity contribution in [1.29, 1.82) is 0 Å². The molecular formula is C16H17ClN2O2. The molecule has 0 atom stereocenters. The Morgan fingerprint density at radius 1 is 1.29 bits per heavy atom. The van der Waals surface area contributed by atoms with Gasteiger partial charge >= 0.3 is 0 Å². The molecule has 0 saturated heterocycles. The molecule has 0 aliphatic rings. The van der Waals surface area contributed by atoms with Gasteiger partial charge in [-0.3, -0.25) is 9.78 Å². The Morgan fingerprint density at radius 3 is 2.62 bits per heavy atom. The minimum Gasteiger partial charge on any atom is -0.486 e. The summed E-state index contributed by atoms with van der Waals surface area (Å²) in [5.41, 5.74) is -0.00843. The van der Waals surface area contributed by atoms with Crippen molar-refractivity contribution < 1.29 is 9.53 Å². The van der Waals surface area contributed by atoms with E-state index < -0.39 is 5.60 Å². The Morgan fingerprint density at radius 2 is 2.00 bits per heavy atom. The molecule has 110 valence electrons. The van der Waals surface area contributed by atoms with Crippen molar-refractivity contribution in [3.05, 3.63) is 59.4 Å². The van der Waals surface area contributed by atoms with E-state index in [1.54, 1.807) is 42.6 Å². The van der Waals surface area contributed by atoms with Gasteiger partial charge in [0.1, 0.15) is 11.4 Å². The zero-order valence-corrected chi connectivity index (χ0v) is 12.7. The van der Waals surface area contributed by atoms with Crippen LogP contribution >= 0.6 is 11.6 Å². The summed E-state index contributed by atoms with van der Waals surface area (Å²) in [5.74, 6) is 0.538. The van der Waals surface area contributed by atoms with Crippen LogP contribution in [0.15, 0.2) is 48.8 Å². The lowest BCUT2D eigenvalue weighted by molar-refractivity contribution is 0.0825. The SMILES string of the molecule is CC(C)(CNC(=O)c1cccnc1)Oc1ccc(Cl)cc1. The highest BCUT2D eigenvalue weighted by molar-refractivity contribution is 6.30. The molecule has 1 heterocycles. The second kappa shape index (κ2) is 6.59. The van der Waals surface area contributed by atoms with Crippen LogP contribution in [0.25, 0.3) is 0 Å². The minimum atomic E-state index is -0.536. The van der Waals surface area contributed by atoms with Crippen LogP contribution in [0.3, 0.4) is 0 Å². The number of hydrogen-bond donors (Lipinski definition) is 1. The fourth-order valence-corrected chi connectivity index (χ4v) is 1.88. The Balaban J connectivity index is 1.92. The molecule has 0 fully saturated rings. The van der Waals surface area contributed by atoms with Crippen LogP contribution in [0.2, 0.25) is 5.02 Å². The lowest BCUT2D eigenvalue weighted by atomic mass is 10.1. The molecule has 0 spiro atoms. The van der Waals surface area contributed by atoms with Gasteiger partial charge in [0.15, 0.2) is 0 Å². The summed E-state index contributed by atoms with van der Waals surface area (Å²) in [6.45, 7) is 4.19. The zero-order valence-electron chi connectivity index (χ0n) is 12.0. The third-order valence-electron chi connectivity index (χ3n) is 2.81. The van der Waals surface area contributed by atoms with Gasteiger partial charge in [-0.1, -0.05) is 11.6 Å². The van der Waals surface area contributed by atoms with E-state index >= 15 is 0 Å².